The van der Waals surface area contributed by atoms with Gasteiger partial charge in [-0.05, 0) is 47.5 Å². The van der Waals surface area contributed by atoms with Crippen molar-refractivity contribution in [3.63, 3.8) is 0 Å². The smallest absolute Gasteiger partial charge is 0.216 e. The molecule has 0 saturated carbocycles. The molecule has 0 fully saturated rings. The molecule has 2 aromatic rings. The molecule has 0 spiro atoms. The lowest BCUT2D eigenvalue weighted by atomic mass is 10.1. The molecule has 0 atom stereocenters. The summed E-state index contributed by atoms with van der Waals surface area (Å²) in [5.74, 6) is 1.81. The van der Waals surface area contributed by atoms with Gasteiger partial charge in [0.1, 0.15) is 11.6 Å². The average Bonchev–Trinajstić information content (AvgIpc) is 3.04. The Hall–Kier alpha value is -1.87. The third kappa shape index (κ3) is 6.07. The summed E-state index contributed by atoms with van der Waals surface area (Å²) < 4.78 is 7.95. The van der Waals surface area contributed by atoms with Crippen molar-refractivity contribution in [2.24, 2.45) is 0 Å². The van der Waals surface area contributed by atoms with Gasteiger partial charge in [0.25, 0.3) is 0 Å². The van der Waals surface area contributed by atoms with Crippen molar-refractivity contribution < 1.29 is 14.3 Å². The molecule has 146 valence electrons. The van der Waals surface area contributed by atoms with Crippen molar-refractivity contribution in [3.8, 4) is 5.75 Å². The molecule has 1 amide bonds. The Balaban J connectivity index is 1.96. The first-order valence-electron chi connectivity index (χ1n) is 8.62. The number of ether oxygens (including phenoxy) is 1. The minimum absolute atomic E-state index is 0.0150. The van der Waals surface area contributed by atoms with E-state index in [0.29, 0.717) is 17.9 Å². The monoisotopic (exact) mass is 454 g/mol. The minimum Gasteiger partial charge on any atom is -0.496 e. The molecule has 0 bridgehead atoms. The van der Waals surface area contributed by atoms with Crippen LogP contribution in [0.1, 0.15) is 36.5 Å². The molecule has 2 rings (SSSR count). The standard InChI is InChI=1S/C18H23BrN4O3S/c1-4-23-17(6-5-9-20-12(2)24)21-22-18(23)27-11-15(25)13-7-8-16(26-3)14(19)10-13/h7-8,10H,4-6,9,11H2,1-3H3,(H,20,24). The lowest BCUT2D eigenvalue weighted by Crippen LogP contribution is -2.21. The molecule has 1 N–H and O–H groups in total. The third-order valence-electron chi connectivity index (χ3n) is 3.87. The molecule has 0 aliphatic carbocycles. The second-order valence-electron chi connectivity index (χ2n) is 5.79. The average molecular weight is 455 g/mol. The molecule has 0 radical (unpaired) electrons. The minimum atomic E-state index is -0.0353. The summed E-state index contributed by atoms with van der Waals surface area (Å²) in [5.41, 5.74) is 0.619. The maximum atomic E-state index is 12.5. The Labute approximate surface area is 171 Å². The predicted molar refractivity (Wildman–Crippen MR) is 108 cm³/mol. The number of benzene rings is 1. The molecule has 0 unspecified atom stereocenters. The number of rotatable bonds is 10. The number of nitrogens with zero attached hydrogens (tertiary/aromatic N) is 3. The van der Waals surface area contributed by atoms with Crippen LogP contribution in [0.3, 0.4) is 0 Å². The number of amides is 1. The molecule has 0 aliphatic heterocycles. The first-order valence-corrected chi connectivity index (χ1v) is 10.4. The fourth-order valence-electron chi connectivity index (χ4n) is 2.49. The van der Waals surface area contributed by atoms with E-state index in [-0.39, 0.29) is 17.4 Å². The van der Waals surface area contributed by atoms with Gasteiger partial charge in [-0.2, -0.15) is 0 Å². The van der Waals surface area contributed by atoms with E-state index in [1.54, 1.807) is 25.3 Å². The first kappa shape index (κ1) is 21.4. The van der Waals surface area contributed by atoms with Crippen LogP contribution in [0.5, 0.6) is 5.75 Å². The number of methoxy groups -OCH3 is 1. The van der Waals surface area contributed by atoms with Gasteiger partial charge in [0.2, 0.25) is 5.91 Å². The van der Waals surface area contributed by atoms with Crippen LogP contribution in [0.2, 0.25) is 0 Å². The Morgan fingerprint density at radius 3 is 2.74 bits per heavy atom. The van der Waals surface area contributed by atoms with Crippen molar-refractivity contribution in [1.29, 1.82) is 0 Å². The molecule has 1 aromatic carbocycles. The topological polar surface area (TPSA) is 86.1 Å². The highest BCUT2D eigenvalue weighted by atomic mass is 79.9. The van der Waals surface area contributed by atoms with Crippen molar-refractivity contribution in [3.05, 3.63) is 34.1 Å². The lowest BCUT2D eigenvalue weighted by molar-refractivity contribution is -0.118. The normalized spacial score (nSPS) is 10.7. The lowest BCUT2D eigenvalue weighted by Gasteiger charge is -2.08. The van der Waals surface area contributed by atoms with E-state index in [4.69, 9.17) is 4.74 Å². The van der Waals surface area contributed by atoms with E-state index in [2.05, 4.69) is 31.4 Å². The van der Waals surface area contributed by atoms with Crippen LogP contribution in [0.4, 0.5) is 0 Å². The predicted octanol–water partition coefficient (Wildman–Crippen LogP) is 3.11. The summed E-state index contributed by atoms with van der Waals surface area (Å²) in [6, 6.07) is 5.29. The SMILES string of the molecule is CCn1c(CCCNC(C)=O)nnc1SCC(=O)c1ccc(OC)c(Br)c1. The molecule has 27 heavy (non-hydrogen) atoms. The maximum Gasteiger partial charge on any atom is 0.216 e. The highest BCUT2D eigenvalue weighted by molar-refractivity contribution is 9.10. The molecule has 7 nitrogen and oxygen atoms in total. The second kappa shape index (κ2) is 10.5. The zero-order chi connectivity index (χ0) is 19.8. The van der Waals surface area contributed by atoms with Gasteiger partial charge in [0, 0.05) is 32.0 Å². The molecule has 9 heteroatoms. The van der Waals surface area contributed by atoms with E-state index >= 15 is 0 Å². The van der Waals surface area contributed by atoms with E-state index in [1.807, 2.05) is 11.5 Å². The van der Waals surface area contributed by atoms with Gasteiger partial charge in [-0.15, -0.1) is 10.2 Å². The Morgan fingerprint density at radius 1 is 1.33 bits per heavy atom. The zero-order valence-electron chi connectivity index (χ0n) is 15.6. The van der Waals surface area contributed by atoms with E-state index in [1.165, 1.54) is 18.7 Å². The number of carbonyl (C=O) groups excluding carboxylic acids is 2. The van der Waals surface area contributed by atoms with Crippen LogP contribution >= 0.6 is 27.7 Å². The van der Waals surface area contributed by atoms with Gasteiger partial charge < -0.3 is 14.6 Å². The number of carbonyl (C=O) groups is 2. The number of ketones is 1. The number of halogens is 1. The third-order valence-corrected chi connectivity index (χ3v) is 5.45. The van der Waals surface area contributed by atoms with E-state index in [9.17, 15) is 9.59 Å². The summed E-state index contributed by atoms with van der Waals surface area (Å²) in [6.45, 7) is 4.86. The second-order valence-corrected chi connectivity index (χ2v) is 7.59. The molecule has 0 aliphatic rings. The quantitative estimate of drug-likeness (QED) is 0.337. The van der Waals surface area contributed by atoms with E-state index < -0.39 is 0 Å². The van der Waals surface area contributed by atoms with Crippen LogP contribution in [-0.2, 0) is 17.8 Å². The van der Waals surface area contributed by atoms with Crippen molar-refractivity contribution in [2.45, 2.75) is 38.4 Å². The van der Waals surface area contributed by atoms with Gasteiger partial charge >= 0.3 is 0 Å². The largest absolute Gasteiger partial charge is 0.496 e. The van der Waals surface area contributed by atoms with Gasteiger partial charge in [-0.25, -0.2) is 0 Å². The number of aryl methyl sites for hydroxylation is 1. The number of nitrogens with one attached hydrogen (secondary N) is 1. The zero-order valence-corrected chi connectivity index (χ0v) is 18.0. The summed E-state index contributed by atoms with van der Waals surface area (Å²) in [5, 5.41) is 12.0. The number of hydrogen-bond donors (Lipinski definition) is 1. The Morgan fingerprint density at radius 2 is 2.11 bits per heavy atom. The highest BCUT2D eigenvalue weighted by Gasteiger charge is 2.15. The van der Waals surface area contributed by atoms with Gasteiger partial charge in [-0.1, -0.05) is 11.8 Å². The number of aromatic nitrogens is 3. The fourth-order valence-corrected chi connectivity index (χ4v) is 3.95. The molecular weight excluding hydrogens is 432 g/mol. The van der Waals surface area contributed by atoms with Gasteiger partial charge in [-0.3, -0.25) is 9.59 Å². The van der Waals surface area contributed by atoms with Crippen molar-refractivity contribution in [2.75, 3.05) is 19.4 Å². The molecular formula is C18H23BrN4O3S. The molecule has 1 aromatic heterocycles. The maximum absolute atomic E-state index is 12.5. The molecule has 1 heterocycles. The highest BCUT2D eigenvalue weighted by Crippen LogP contribution is 2.27. The van der Waals surface area contributed by atoms with Crippen LogP contribution in [0.25, 0.3) is 0 Å². The number of hydrogen-bond acceptors (Lipinski definition) is 6. The number of thioether (sulfide) groups is 1. The number of Topliss-reactive ketones (excluding diaryl/α,β-unsaturated/α-hetero) is 1. The molecule has 0 saturated heterocycles. The first-order chi connectivity index (χ1) is 13.0. The van der Waals surface area contributed by atoms with Crippen molar-refractivity contribution >= 4 is 39.4 Å². The Bertz CT molecular complexity index is 810. The Kier molecular flexibility index (Phi) is 8.30. The van der Waals surface area contributed by atoms with Crippen molar-refractivity contribution in [1.82, 2.24) is 20.1 Å². The van der Waals surface area contributed by atoms with Crippen LogP contribution < -0.4 is 10.1 Å². The van der Waals surface area contributed by atoms with Crippen LogP contribution in [-0.4, -0.2) is 45.9 Å². The summed E-state index contributed by atoms with van der Waals surface area (Å²) in [6.07, 6.45) is 1.52. The van der Waals surface area contributed by atoms with E-state index in [0.717, 1.165) is 34.8 Å². The van der Waals surface area contributed by atoms with Crippen LogP contribution in [0.15, 0.2) is 27.8 Å². The van der Waals surface area contributed by atoms with Gasteiger partial charge in [0.05, 0.1) is 17.3 Å². The summed E-state index contributed by atoms with van der Waals surface area (Å²) in [7, 11) is 1.59. The fraction of sp³-hybridized carbons (Fsp3) is 0.444. The summed E-state index contributed by atoms with van der Waals surface area (Å²) >= 11 is 4.78. The van der Waals surface area contributed by atoms with Gasteiger partial charge in [0.15, 0.2) is 10.9 Å². The summed E-state index contributed by atoms with van der Waals surface area (Å²) in [4.78, 5) is 23.4. The van der Waals surface area contributed by atoms with Crippen LogP contribution in [0, 0.1) is 0 Å².